The molecule has 0 spiro atoms. The smallest absolute Gasteiger partial charge is 0.253 e. The first-order valence-corrected chi connectivity index (χ1v) is 8.95. The molecule has 2 heterocycles. The van der Waals surface area contributed by atoms with Gasteiger partial charge in [0.1, 0.15) is 5.75 Å². The van der Waals surface area contributed by atoms with Crippen LogP contribution in [-0.2, 0) is 13.2 Å². The molecule has 1 aliphatic heterocycles. The molecule has 134 valence electrons. The van der Waals surface area contributed by atoms with Crippen molar-refractivity contribution in [1.29, 1.82) is 0 Å². The molecule has 0 unspecified atom stereocenters. The molecule has 3 aromatic rings. The van der Waals surface area contributed by atoms with E-state index in [9.17, 15) is 0 Å². The van der Waals surface area contributed by atoms with Crippen LogP contribution >= 0.6 is 0 Å². The van der Waals surface area contributed by atoms with Crippen molar-refractivity contribution in [3.8, 4) is 5.75 Å². The highest BCUT2D eigenvalue weighted by Gasteiger charge is 2.12. The molecule has 0 radical (unpaired) electrons. The third-order valence-electron chi connectivity index (χ3n) is 4.40. The predicted octanol–water partition coefficient (Wildman–Crippen LogP) is 3.86. The van der Waals surface area contributed by atoms with Crippen LogP contribution in [0, 0.1) is 0 Å². The van der Waals surface area contributed by atoms with Gasteiger partial charge in [0, 0.05) is 24.5 Å². The highest BCUT2D eigenvalue weighted by Crippen LogP contribution is 2.22. The molecule has 1 aliphatic rings. The summed E-state index contributed by atoms with van der Waals surface area (Å²) in [5, 5.41) is 11.4. The van der Waals surface area contributed by atoms with E-state index >= 15 is 0 Å². The van der Waals surface area contributed by atoms with Crippen molar-refractivity contribution < 1.29 is 9.15 Å². The molecule has 1 fully saturated rings. The van der Waals surface area contributed by atoms with Crippen LogP contribution in [0.4, 0.5) is 11.4 Å². The van der Waals surface area contributed by atoms with Crippen molar-refractivity contribution >= 4 is 11.4 Å². The lowest BCUT2D eigenvalue weighted by atomic mass is 10.2. The summed E-state index contributed by atoms with van der Waals surface area (Å²) in [6.45, 7) is 3.06. The van der Waals surface area contributed by atoms with Crippen LogP contribution in [0.1, 0.15) is 24.6 Å². The third kappa shape index (κ3) is 4.14. The van der Waals surface area contributed by atoms with E-state index in [-0.39, 0.29) is 6.61 Å². The largest absolute Gasteiger partial charge is 0.484 e. The zero-order valence-electron chi connectivity index (χ0n) is 14.6. The molecule has 1 N–H and O–H groups in total. The Labute approximate surface area is 152 Å². The quantitative estimate of drug-likeness (QED) is 0.698. The molecule has 26 heavy (non-hydrogen) atoms. The number of hydrogen-bond donors (Lipinski definition) is 1. The van der Waals surface area contributed by atoms with Crippen LogP contribution in [-0.4, -0.2) is 23.3 Å². The summed E-state index contributed by atoms with van der Waals surface area (Å²) < 4.78 is 11.2. The molecule has 0 atom stereocenters. The van der Waals surface area contributed by atoms with E-state index in [1.54, 1.807) is 0 Å². The number of benzene rings is 2. The van der Waals surface area contributed by atoms with Gasteiger partial charge in [-0.15, -0.1) is 10.2 Å². The Bertz CT molecular complexity index is 811. The zero-order chi connectivity index (χ0) is 17.6. The van der Waals surface area contributed by atoms with Crippen LogP contribution in [0.2, 0.25) is 0 Å². The molecule has 4 rings (SSSR count). The van der Waals surface area contributed by atoms with Gasteiger partial charge in [-0.2, -0.15) is 0 Å². The van der Waals surface area contributed by atoms with Crippen molar-refractivity contribution in [2.75, 3.05) is 23.3 Å². The Balaban J connectivity index is 1.27. The number of anilines is 2. The molecule has 1 aromatic heterocycles. The first-order chi connectivity index (χ1) is 12.9. The predicted molar refractivity (Wildman–Crippen MR) is 100 cm³/mol. The number of nitrogens with one attached hydrogen (secondary N) is 1. The van der Waals surface area contributed by atoms with Gasteiger partial charge in [0.25, 0.3) is 5.89 Å². The average molecular weight is 350 g/mol. The minimum Gasteiger partial charge on any atom is -0.484 e. The summed E-state index contributed by atoms with van der Waals surface area (Å²) in [7, 11) is 0. The van der Waals surface area contributed by atoms with Gasteiger partial charge in [0.2, 0.25) is 5.89 Å². The molecular formula is C20H22N4O2. The summed E-state index contributed by atoms with van der Waals surface area (Å²) in [5.74, 6) is 1.79. The van der Waals surface area contributed by atoms with Crippen molar-refractivity contribution in [3.63, 3.8) is 0 Å². The lowest BCUT2D eigenvalue weighted by molar-refractivity contribution is 0.259. The lowest BCUT2D eigenvalue weighted by Crippen LogP contribution is -2.17. The number of nitrogens with zero attached hydrogens (tertiary/aromatic N) is 3. The fourth-order valence-corrected chi connectivity index (χ4v) is 3.02. The van der Waals surface area contributed by atoms with E-state index in [0.29, 0.717) is 18.3 Å². The molecule has 2 aromatic carbocycles. The van der Waals surface area contributed by atoms with Gasteiger partial charge in [-0.1, -0.05) is 18.2 Å². The Morgan fingerprint density at radius 2 is 1.65 bits per heavy atom. The number of para-hydroxylation sites is 1. The molecule has 0 saturated carbocycles. The van der Waals surface area contributed by atoms with Crippen molar-refractivity contribution in [2.45, 2.75) is 26.0 Å². The maximum atomic E-state index is 5.61. The molecular weight excluding hydrogens is 328 g/mol. The summed E-state index contributed by atoms with van der Waals surface area (Å²) in [5.41, 5.74) is 2.32. The first-order valence-electron chi connectivity index (χ1n) is 8.95. The second-order valence-electron chi connectivity index (χ2n) is 6.29. The van der Waals surface area contributed by atoms with E-state index in [2.05, 4.69) is 44.7 Å². The van der Waals surface area contributed by atoms with Crippen LogP contribution in [0.5, 0.6) is 5.75 Å². The molecule has 0 amide bonds. The Morgan fingerprint density at radius 3 is 2.42 bits per heavy atom. The summed E-state index contributed by atoms with van der Waals surface area (Å²) in [6.07, 6.45) is 2.57. The van der Waals surface area contributed by atoms with Crippen LogP contribution < -0.4 is 15.0 Å². The second kappa shape index (κ2) is 7.91. The fourth-order valence-electron chi connectivity index (χ4n) is 3.02. The summed E-state index contributed by atoms with van der Waals surface area (Å²) in [6, 6.07) is 18.1. The Morgan fingerprint density at radius 1 is 0.923 bits per heavy atom. The Hall–Kier alpha value is -3.02. The zero-order valence-corrected chi connectivity index (χ0v) is 14.6. The summed E-state index contributed by atoms with van der Waals surface area (Å²) >= 11 is 0. The highest BCUT2D eigenvalue weighted by molar-refractivity contribution is 5.55. The number of ether oxygens (including phenoxy) is 1. The van der Waals surface area contributed by atoms with Gasteiger partial charge in [-0.05, 0) is 49.2 Å². The number of rotatable bonds is 7. The van der Waals surface area contributed by atoms with Crippen LogP contribution in [0.15, 0.2) is 59.0 Å². The average Bonchev–Trinajstić information content (AvgIpc) is 3.38. The molecule has 0 aliphatic carbocycles. The molecule has 1 saturated heterocycles. The highest BCUT2D eigenvalue weighted by atomic mass is 16.5. The van der Waals surface area contributed by atoms with Crippen molar-refractivity contribution in [3.05, 3.63) is 66.4 Å². The van der Waals surface area contributed by atoms with Crippen LogP contribution in [0.25, 0.3) is 0 Å². The van der Waals surface area contributed by atoms with Crippen LogP contribution in [0.3, 0.4) is 0 Å². The minimum atomic E-state index is 0.265. The maximum Gasteiger partial charge on any atom is 0.253 e. The van der Waals surface area contributed by atoms with Gasteiger partial charge in [-0.25, -0.2) is 0 Å². The van der Waals surface area contributed by atoms with Gasteiger partial charge in [0.05, 0.1) is 6.54 Å². The van der Waals surface area contributed by atoms with Gasteiger partial charge in [0.15, 0.2) is 6.61 Å². The number of hydrogen-bond acceptors (Lipinski definition) is 6. The van der Waals surface area contributed by atoms with E-state index in [0.717, 1.165) is 24.5 Å². The monoisotopic (exact) mass is 350 g/mol. The van der Waals surface area contributed by atoms with Gasteiger partial charge < -0.3 is 19.4 Å². The first kappa shape index (κ1) is 16.4. The molecule has 6 nitrogen and oxygen atoms in total. The summed E-state index contributed by atoms with van der Waals surface area (Å²) in [4.78, 5) is 2.42. The SMILES string of the molecule is c1ccc(OCc2nnc(CNc3ccc(N4CCCC4)cc3)o2)cc1. The van der Waals surface area contributed by atoms with E-state index in [4.69, 9.17) is 9.15 Å². The van der Waals surface area contributed by atoms with E-state index in [1.165, 1.54) is 18.5 Å². The second-order valence-corrected chi connectivity index (χ2v) is 6.29. The molecule has 0 bridgehead atoms. The van der Waals surface area contributed by atoms with Gasteiger partial charge >= 0.3 is 0 Å². The maximum absolute atomic E-state index is 5.61. The van der Waals surface area contributed by atoms with Gasteiger partial charge in [-0.3, -0.25) is 0 Å². The fraction of sp³-hybridized carbons (Fsp3) is 0.300. The lowest BCUT2D eigenvalue weighted by Gasteiger charge is -2.17. The topological polar surface area (TPSA) is 63.4 Å². The normalized spacial score (nSPS) is 13.8. The van der Waals surface area contributed by atoms with Crippen molar-refractivity contribution in [1.82, 2.24) is 10.2 Å². The Kier molecular flexibility index (Phi) is 5.00. The molecule has 6 heteroatoms. The minimum absolute atomic E-state index is 0.265. The number of aromatic nitrogens is 2. The van der Waals surface area contributed by atoms with E-state index in [1.807, 2.05) is 30.3 Å². The van der Waals surface area contributed by atoms with Crippen molar-refractivity contribution in [2.24, 2.45) is 0 Å². The standard InChI is InChI=1S/C20H22N4O2/c1-2-6-18(7-3-1)25-15-20-23-22-19(26-20)14-21-16-8-10-17(11-9-16)24-12-4-5-13-24/h1-3,6-11,21H,4-5,12-15H2. The van der Waals surface area contributed by atoms with E-state index < -0.39 is 0 Å². The third-order valence-corrected chi connectivity index (χ3v) is 4.40.